The number of hydrogen-bond acceptors (Lipinski definition) is 1. The molecule has 0 bridgehead atoms. The first-order valence-electron chi connectivity index (χ1n) is 10.8. The number of nitrogens with zero attached hydrogens (tertiary/aromatic N) is 2. The van der Waals surface area contributed by atoms with Gasteiger partial charge in [0.2, 0.25) is 0 Å². The molecule has 0 saturated heterocycles. The van der Waals surface area contributed by atoms with Gasteiger partial charge in [0.25, 0.3) is 5.91 Å². The minimum Gasteiger partial charge on any atom is -0.340 e. The maximum atomic E-state index is 15.0. The van der Waals surface area contributed by atoms with Crippen molar-refractivity contribution in [3.8, 4) is 11.1 Å². The van der Waals surface area contributed by atoms with Gasteiger partial charge in [-0.05, 0) is 41.7 Å². The van der Waals surface area contributed by atoms with Gasteiger partial charge in [-0.2, -0.15) is 13.2 Å². The van der Waals surface area contributed by atoms with Crippen LogP contribution in [0.25, 0.3) is 11.1 Å². The van der Waals surface area contributed by atoms with E-state index >= 15 is 0 Å². The molecular formula is C26H27ClF4N2O. The van der Waals surface area contributed by atoms with Crippen molar-refractivity contribution in [2.75, 3.05) is 13.6 Å². The van der Waals surface area contributed by atoms with E-state index < -0.39 is 23.6 Å². The molecule has 0 fully saturated rings. The molecule has 34 heavy (non-hydrogen) atoms. The van der Waals surface area contributed by atoms with Gasteiger partial charge in [-0.1, -0.05) is 62.7 Å². The van der Waals surface area contributed by atoms with Crippen LogP contribution in [0.3, 0.4) is 0 Å². The van der Waals surface area contributed by atoms with E-state index in [2.05, 4.69) is 0 Å². The van der Waals surface area contributed by atoms with Crippen molar-refractivity contribution in [1.82, 2.24) is 9.47 Å². The number of rotatable bonds is 5. The summed E-state index contributed by atoms with van der Waals surface area (Å²) in [6, 6.07) is 12.3. The predicted octanol–water partition coefficient (Wildman–Crippen LogP) is 7.44. The third-order valence-electron chi connectivity index (χ3n) is 5.42. The quantitative estimate of drug-likeness (QED) is 0.338. The number of carbonyl (C=O) groups excluding carboxylic acids is 1. The summed E-state index contributed by atoms with van der Waals surface area (Å²) in [7, 11) is 1.54. The molecule has 3 nitrogen and oxygen atoms in total. The number of aromatic nitrogens is 1. The molecule has 0 N–H and O–H groups in total. The lowest BCUT2D eigenvalue weighted by Gasteiger charge is -2.28. The highest BCUT2D eigenvalue weighted by Crippen LogP contribution is 2.42. The van der Waals surface area contributed by atoms with Gasteiger partial charge in [-0.3, -0.25) is 4.79 Å². The second-order valence-corrected chi connectivity index (χ2v) is 10.0. The van der Waals surface area contributed by atoms with Crippen molar-refractivity contribution in [3.63, 3.8) is 0 Å². The molecule has 0 aliphatic carbocycles. The fourth-order valence-corrected chi connectivity index (χ4v) is 4.40. The van der Waals surface area contributed by atoms with Crippen molar-refractivity contribution >= 4 is 17.5 Å². The number of amides is 1. The Morgan fingerprint density at radius 1 is 1.06 bits per heavy atom. The third-order valence-corrected chi connectivity index (χ3v) is 5.66. The molecule has 1 amide bonds. The van der Waals surface area contributed by atoms with E-state index in [1.54, 1.807) is 30.3 Å². The summed E-state index contributed by atoms with van der Waals surface area (Å²) >= 11 is 5.89. The van der Waals surface area contributed by atoms with E-state index in [1.165, 1.54) is 31.0 Å². The van der Waals surface area contributed by atoms with Gasteiger partial charge in [0, 0.05) is 36.3 Å². The van der Waals surface area contributed by atoms with E-state index in [0.29, 0.717) is 12.1 Å². The third kappa shape index (κ3) is 5.46. The SMILES string of the molecule is Cc1c(-c2ccc(Cl)cc2F)c(C(=O)N(C)CC(C)(C)C)n(Cc2ccccc2)c1C(F)(F)F. The molecule has 0 radical (unpaired) electrons. The lowest BCUT2D eigenvalue weighted by atomic mass is 9.95. The highest BCUT2D eigenvalue weighted by atomic mass is 35.5. The molecule has 0 spiro atoms. The average molecular weight is 495 g/mol. The first kappa shape index (κ1) is 25.8. The summed E-state index contributed by atoms with van der Waals surface area (Å²) in [5, 5.41) is 0.108. The molecule has 0 atom stereocenters. The Morgan fingerprint density at radius 2 is 1.68 bits per heavy atom. The van der Waals surface area contributed by atoms with Crippen LogP contribution < -0.4 is 0 Å². The first-order chi connectivity index (χ1) is 15.7. The van der Waals surface area contributed by atoms with E-state index in [0.717, 1.165) is 10.6 Å². The fourth-order valence-electron chi connectivity index (χ4n) is 4.24. The Labute approximate surface area is 202 Å². The summed E-state index contributed by atoms with van der Waals surface area (Å²) in [4.78, 5) is 15.1. The van der Waals surface area contributed by atoms with Crippen LogP contribution in [0.2, 0.25) is 5.02 Å². The number of alkyl halides is 3. The van der Waals surface area contributed by atoms with E-state index in [4.69, 9.17) is 11.6 Å². The molecule has 0 unspecified atom stereocenters. The molecule has 0 aliphatic rings. The standard InChI is InChI=1S/C26H27ClF4N2O/c1-16-21(19-12-11-18(27)13-20(19)28)22(24(34)32(5)15-25(2,3)4)33(23(16)26(29,30)31)14-17-9-7-6-8-10-17/h6-13H,14-15H2,1-5H3. The second kappa shape index (κ2) is 9.45. The Bertz CT molecular complexity index is 1190. The predicted molar refractivity (Wildman–Crippen MR) is 127 cm³/mol. The number of benzene rings is 2. The van der Waals surface area contributed by atoms with Gasteiger partial charge >= 0.3 is 6.18 Å². The molecule has 3 rings (SSSR count). The zero-order valence-electron chi connectivity index (χ0n) is 19.7. The molecule has 1 aromatic heterocycles. The zero-order valence-corrected chi connectivity index (χ0v) is 20.5. The van der Waals surface area contributed by atoms with Gasteiger partial charge in [0.05, 0.1) is 0 Å². The van der Waals surface area contributed by atoms with Gasteiger partial charge in [-0.25, -0.2) is 4.39 Å². The maximum Gasteiger partial charge on any atom is 0.431 e. The van der Waals surface area contributed by atoms with Crippen molar-refractivity contribution in [3.05, 3.63) is 81.9 Å². The molecule has 2 aromatic carbocycles. The summed E-state index contributed by atoms with van der Waals surface area (Å²) < 4.78 is 59.0. The van der Waals surface area contributed by atoms with Crippen molar-refractivity contribution in [1.29, 1.82) is 0 Å². The minimum atomic E-state index is -4.77. The lowest BCUT2D eigenvalue weighted by Crippen LogP contribution is -2.36. The van der Waals surface area contributed by atoms with Crippen LogP contribution in [0.1, 0.15) is 48.1 Å². The molecular weight excluding hydrogens is 468 g/mol. The van der Waals surface area contributed by atoms with Crippen LogP contribution in [-0.4, -0.2) is 29.0 Å². The topological polar surface area (TPSA) is 25.2 Å². The fraction of sp³-hybridized carbons (Fsp3) is 0.346. The highest BCUT2D eigenvalue weighted by Gasteiger charge is 2.42. The Kier molecular flexibility index (Phi) is 7.18. The normalized spacial score (nSPS) is 12.2. The highest BCUT2D eigenvalue weighted by molar-refractivity contribution is 6.30. The Hall–Kier alpha value is -2.80. The van der Waals surface area contributed by atoms with E-state index in [1.807, 2.05) is 20.8 Å². The Balaban J connectivity index is 2.36. The van der Waals surface area contributed by atoms with Gasteiger partial charge < -0.3 is 9.47 Å². The first-order valence-corrected chi connectivity index (χ1v) is 11.1. The van der Waals surface area contributed by atoms with Crippen LogP contribution in [-0.2, 0) is 12.7 Å². The van der Waals surface area contributed by atoms with Crippen LogP contribution >= 0.6 is 11.6 Å². The van der Waals surface area contributed by atoms with Crippen molar-refractivity contribution in [2.45, 2.75) is 40.4 Å². The van der Waals surface area contributed by atoms with Crippen LogP contribution in [0.15, 0.2) is 48.5 Å². The van der Waals surface area contributed by atoms with Crippen LogP contribution in [0, 0.1) is 18.2 Å². The maximum absolute atomic E-state index is 15.0. The second-order valence-electron chi connectivity index (χ2n) is 9.61. The average Bonchev–Trinajstić information content (AvgIpc) is 2.98. The van der Waals surface area contributed by atoms with E-state index in [9.17, 15) is 22.4 Å². The molecule has 3 aromatic rings. The minimum absolute atomic E-state index is 0.0804. The van der Waals surface area contributed by atoms with Gasteiger partial charge in [0.15, 0.2) is 0 Å². The van der Waals surface area contributed by atoms with Crippen molar-refractivity contribution < 1.29 is 22.4 Å². The monoisotopic (exact) mass is 494 g/mol. The summed E-state index contributed by atoms with van der Waals surface area (Å²) in [6.07, 6.45) is -4.77. The smallest absolute Gasteiger partial charge is 0.340 e. The Morgan fingerprint density at radius 3 is 2.21 bits per heavy atom. The number of carbonyl (C=O) groups is 1. The van der Waals surface area contributed by atoms with Crippen molar-refractivity contribution in [2.24, 2.45) is 5.41 Å². The molecule has 8 heteroatoms. The number of hydrogen-bond donors (Lipinski definition) is 0. The zero-order chi connectivity index (χ0) is 25.4. The van der Waals surface area contributed by atoms with Gasteiger partial charge in [0.1, 0.15) is 17.2 Å². The molecule has 0 aliphatic heterocycles. The largest absolute Gasteiger partial charge is 0.431 e. The van der Waals surface area contributed by atoms with Crippen LogP contribution in [0.4, 0.5) is 17.6 Å². The van der Waals surface area contributed by atoms with Crippen LogP contribution in [0.5, 0.6) is 0 Å². The summed E-state index contributed by atoms with van der Waals surface area (Å²) in [5.74, 6) is -1.41. The molecule has 0 saturated carbocycles. The molecule has 1 heterocycles. The van der Waals surface area contributed by atoms with E-state index in [-0.39, 0.29) is 39.4 Å². The molecule has 182 valence electrons. The summed E-state index contributed by atoms with van der Waals surface area (Å²) in [6.45, 7) is 7.14. The lowest BCUT2D eigenvalue weighted by molar-refractivity contribution is -0.143. The van der Waals surface area contributed by atoms with Gasteiger partial charge in [-0.15, -0.1) is 0 Å². The number of halogens is 5. The summed E-state index contributed by atoms with van der Waals surface area (Å²) in [5.41, 5.74) is -1.30.